The number of halogens is 1. The Labute approximate surface area is 231 Å². The van der Waals surface area contributed by atoms with Crippen LogP contribution >= 0.6 is 11.3 Å². The SMILES string of the molecule is COc1ccc(N2CCN(C(=O)Cc3csc(NC(=O)CN(C(=O)c4ccc(F)cc4)C(C)C)n3)CC2)cc1. The monoisotopic (exact) mass is 553 g/mol. The molecule has 3 amide bonds. The van der Waals surface area contributed by atoms with Crippen molar-refractivity contribution in [2.75, 3.05) is 50.1 Å². The number of methoxy groups -OCH3 is 1. The minimum Gasteiger partial charge on any atom is -0.497 e. The van der Waals surface area contributed by atoms with Gasteiger partial charge >= 0.3 is 0 Å². The average molecular weight is 554 g/mol. The van der Waals surface area contributed by atoms with Gasteiger partial charge in [0.25, 0.3) is 5.91 Å². The van der Waals surface area contributed by atoms with Crippen molar-refractivity contribution in [2.45, 2.75) is 26.3 Å². The van der Waals surface area contributed by atoms with Crippen LogP contribution in [0.1, 0.15) is 29.9 Å². The number of carbonyl (C=O) groups is 3. The fraction of sp³-hybridized carbons (Fsp3) is 0.357. The van der Waals surface area contributed by atoms with Gasteiger partial charge in [0.05, 0.1) is 19.2 Å². The molecule has 1 aromatic heterocycles. The van der Waals surface area contributed by atoms with Crippen LogP contribution in [0.15, 0.2) is 53.9 Å². The molecule has 1 fully saturated rings. The zero-order valence-corrected chi connectivity index (χ0v) is 23.0. The number of anilines is 2. The van der Waals surface area contributed by atoms with Gasteiger partial charge in [0, 0.05) is 48.9 Å². The number of aromatic nitrogens is 1. The number of rotatable bonds is 9. The molecule has 1 N–H and O–H groups in total. The van der Waals surface area contributed by atoms with Crippen molar-refractivity contribution in [3.05, 3.63) is 71.0 Å². The number of nitrogens with zero attached hydrogens (tertiary/aromatic N) is 4. The van der Waals surface area contributed by atoms with Crippen molar-refractivity contribution in [2.24, 2.45) is 0 Å². The summed E-state index contributed by atoms with van der Waals surface area (Å²) in [5, 5.41) is 4.84. The highest BCUT2D eigenvalue weighted by molar-refractivity contribution is 7.13. The second-order valence-electron chi connectivity index (χ2n) is 9.47. The summed E-state index contributed by atoms with van der Waals surface area (Å²) in [5.41, 5.74) is 1.98. The van der Waals surface area contributed by atoms with Gasteiger partial charge in [0.1, 0.15) is 18.1 Å². The summed E-state index contributed by atoms with van der Waals surface area (Å²) in [6, 6.07) is 12.9. The smallest absolute Gasteiger partial charge is 0.254 e. The van der Waals surface area contributed by atoms with E-state index in [9.17, 15) is 18.8 Å². The highest BCUT2D eigenvalue weighted by Crippen LogP contribution is 2.21. The van der Waals surface area contributed by atoms with Crippen molar-refractivity contribution in [1.82, 2.24) is 14.8 Å². The Morgan fingerprint density at radius 1 is 1.05 bits per heavy atom. The standard InChI is InChI=1S/C28H32FN5O4S/c1-19(2)34(27(37)20-4-6-21(29)7-5-20)17-25(35)31-28-30-22(18-39-28)16-26(36)33-14-12-32(13-15-33)23-8-10-24(38-3)11-9-23/h4-11,18-19H,12-17H2,1-3H3,(H,30,31,35). The Morgan fingerprint density at radius 2 is 1.72 bits per heavy atom. The van der Waals surface area contributed by atoms with E-state index in [0.29, 0.717) is 29.5 Å². The second-order valence-corrected chi connectivity index (χ2v) is 10.3. The second kappa shape index (κ2) is 12.7. The van der Waals surface area contributed by atoms with E-state index in [1.54, 1.807) is 26.3 Å². The van der Waals surface area contributed by atoms with Crippen molar-refractivity contribution in [3.63, 3.8) is 0 Å². The molecule has 206 valence electrons. The lowest BCUT2D eigenvalue weighted by Crippen LogP contribution is -2.49. The highest BCUT2D eigenvalue weighted by Gasteiger charge is 2.24. The summed E-state index contributed by atoms with van der Waals surface area (Å²) < 4.78 is 18.4. The van der Waals surface area contributed by atoms with Crippen LogP contribution in [-0.4, -0.2) is 78.4 Å². The molecule has 1 aliphatic heterocycles. The van der Waals surface area contributed by atoms with Gasteiger partial charge in [-0.3, -0.25) is 14.4 Å². The Balaban J connectivity index is 1.27. The number of amides is 3. The molecule has 0 saturated carbocycles. The Kier molecular flexibility index (Phi) is 9.13. The fourth-order valence-electron chi connectivity index (χ4n) is 4.28. The summed E-state index contributed by atoms with van der Waals surface area (Å²) in [6.45, 7) is 6.13. The highest BCUT2D eigenvalue weighted by atomic mass is 32.1. The molecule has 11 heteroatoms. The molecule has 1 saturated heterocycles. The number of carbonyl (C=O) groups excluding carboxylic acids is 3. The molecule has 1 aliphatic rings. The largest absolute Gasteiger partial charge is 0.497 e. The third-order valence-electron chi connectivity index (χ3n) is 6.49. The summed E-state index contributed by atoms with van der Waals surface area (Å²) in [5.74, 6) is -0.404. The van der Waals surface area contributed by atoms with Gasteiger partial charge in [0.2, 0.25) is 11.8 Å². The third-order valence-corrected chi connectivity index (χ3v) is 7.30. The predicted octanol–water partition coefficient (Wildman–Crippen LogP) is 3.67. The summed E-state index contributed by atoms with van der Waals surface area (Å²) in [6.07, 6.45) is 0.149. The zero-order chi connectivity index (χ0) is 27.9. The molecule has 4 rings (SSSR count). The lowest BCUT2D eigenvalue weighted by molar-refractivity contribution is -0.130. The van der Waals surface area contributed by atoms with Crippen molar-refractivity contribution in [3.8, 4) is 5.75 Å². The number of thiazole rings is 1. The van der Waals surface area contributed by atoms with Crippen LogP contribution in [0.3, 0.4) is 0 Å². The lowest BCUT2D eigenvalue weighted by Gasteiger charge is -2.36. The maximum absolute atomic E-state index is 13.2. The van der Waals surface area contributed by atoms with Gasteiger partial charge in [0.15, 0.2) is 5.13 Å². The first-order valence-corrected chi connectivity index (χ1v) is 13.6. The number of nitrogens with one attached hydrogen (secondary N) is 1. The topological polar surface area (TPSA) is 95.1 Å². The quantitative estimate of drug-likeness (QED) is 0.435. The minimum absolute atomic E-state index is 0.0107. The normalized spacial score (nSPS) is 13.4. The molecule has 0 radical (unpaired) electrons. The summed E-state index contributed by atoms with van der Waals surface area (Å²) in [7, 11) is 1.64. The summed E-state index contributed by atoms with van der Waals surface area (Å²) in [4.78, 5) is 48.3. The molecule has 39 heavy (non-hydrogen) atoms. The van der Waals surface area contributed by atoms with E-state index >= 15 is 0 Å². The first-order chi connectivity index (χ1) is 18.7. The van der Waals surface area contributed by atoms with Crippen LogP contribution < -0.4 is 15.0 Å². The molecule has 0 aliphatic carbocycles. The molecule has 2 aromatic carbocycles. The lowest BCUT2D eigenvalue weighted by atomic mass is 10.1. The van der Waals surface area contributed by atoms with Gasteiger partial charge in [-0.05, 0) is 62.4 Å². The van der Waals surface area contributed by atoms with Crippen LogP contribution in [0, 0.1) is 5.82 Å². The van der Waals surface area contributed by atoms with Gasteiger partial charge in [-0.15, -0.1) is 11.3 Å². The van der Waals surface area contributed by atoms with E-state index in [2.05, 4.69) is 15.2 Å². The first kappa shape index (κ1) is 28.0. The van der Waals surface area contributed by atoms with E-state index in [4.69, 9.17) is 4.74 Å². The molecule has 0 spiro atoms. The van der Waals surface area contributed by atoms with E-state index in [-0.39, 0.29) is 30.8 Å². The average Bonchev–Trinajstić information content (AvgIpc) is 3.38. The van der Waals surface area contributed by atoms with Gasteiger partial charge in [-0.2, -0.15) is 0 Å². The van der Waals surface area contributed by atoms with Crippen LogP contribution in [0.2, 0.25) is 0 Å². The zero-order valence-electron chi connectivity index (χ0n) is 22.2. The Hall–Kier alpha value is -3.99. The Bertz CT molecular complexity index is 1290. The van der Waals surface area contributed by atoms with Crippen molar-refractivity contribution in [1.29, 1.82) is 0 Å². The van der Waals surface area contributed by atoms with Crippen LogP contribution in [-0.2, 0) is 16.0 Å². The number of hydrogen-bond acceptors (Lipinski definition) is 7. The van der Waals surface area contributed by atoms with E-state index < -0.39 is 11.7 Å². The van der Waals surface area contributed by atoms with E-state index in [1.165, 1.54) is 40.5 Å². The van der Waals surface area contributed by atoms with Crippen LogP contribution in [0.4, 0.5) is 15.2 Å². The van der Waals surface area contributed by atoms with Crippen molar-refractivity contribution < 1.29 is 23.5 Å². The van der Waals surface area contributed by atoms with Gasteiger partial charge in [-0.25, -0.2) is 9.37 Å². The summed E-state index contributed by atoms with van der Waals surface area (Å²) >= 11 is 1.23. The van der Waals surface area contributed by atoms with E-state index in [0.717, 1.165) is 24.5 Å². The minimum atomic E-state index is -0.436. The predicted molar refractivity (Wildman–Crippen MR) is 149 cm³/mol. The molecule has 0 bridgehead atoms. The molecular weight excluding hydrogens is 521 g/mol. The molecular formula is C28H32FN5O4S. The fourth-order valence-corrected chi connectivity index (χ4v) is 5.01. The van der Waals surface area contributed by atoms with Crippen LogP contribution in [0.5, 0.6) is 5.75 Å². The maximum atomic E-state index is 13.2. The van der Waals surface area contributed by atoms with Gasteiger partial charge in [-0.1, -0.05) is 0 Å². The van der Waals surface area contributed by atoms with Crippen LogP contribution in [0.25, 0.3) is 0 Å². The molecule has 9 nitrogen and oxygen atoms in total. The Morgan fingerprint density at radius 3 is 2.33 bits per heavy atom. The molecule has 3 aromatic rings. The molecule has 0 atom stereocenters. The number of benzene rings is 2. The van der Waals surface area contributed by atoms with E-state index in [1.807, 2.05) is 29.2 Å². The third kappa shape index (κ3) is 7.32. The number of hydrogen-bond donors (Lipinski definition) is 1. The molecule has 0 unspecified atom stereocenters. The number of ether oxygens (including phenoxy) is 1. The van der Waals surface area contributed by atoms with Gasteiger partial charge < -0.3 is 24.8 Å². The van der Waals surface area contributed by atoms with Crippen molar-refractivity contribution >= 4 is 39.9 Å². The maximum Gasteiger partial charge on any atom is 0.254 e. The molecule has 2 heterocycles. The first-order valence-electron chi connectivity index (χ1n) is 12.7. The number of piperazine rings is 1.